The molecule has 5 heterocycles. The molecule has 1 unspecified atom stereocenters. The number of hydrogen-bond donors (Lipinski definition) is 0. The van der Waals surface area contributed by atoms with Crippen molar-refractivity contribution in [1.82, 2.24) is 23.7 Å². The van der Waals surface area contributed by atoms with Crippen LogP contribution in [0.5, 0.6) is 0 Å². The average molecular weight is 702 g/mol. The van der Waals surface area contributed by atoms with Crippen LogP contribution in [0.4, 0.5) is 0 Å². The SMILES string of the molecule is CC12c3ccccc3-c3c1c(cc1c3c3ccccc3n1-c1ccc3c4ccccc4n(-c4ccccn4)c3c1)-c1nc3ccccc3n1-c1ccccc12. The minimum Gasteiger partial charge on any atom is -0.309 e. The monoisotopic (exact) mass is 701 g/mol. The van der Waals surface area contributed by atoms with E-state index >= 15 is 0 Å². The highest BCUT2D eigenvalue weighted by Crippen LogP contribution is 2.61. The third-order valence-electron chi connectivity index (χ3n) is 12.5. The first-order valence-electron chi connectivity index (χ1n) is 18.9. The molecule has 1 aliphatic heterocycles. The number of para-hydroxylation sites is 5. The van der Waals surface area contributed by atoms with Gasteiger partial charge in [0.1, 0.15) is 11.6 Å². The van der Waals surface area contributed by atoms with Crippen LogP contribution in [-0.4, -0.2) is 23.7 Å². The number of nitrogens with zero attached hydrogens (tertiary/aromatic N) is 5. The molecule has 0 spiro atoms. The summed E-state index contributed by atoms with van der Waals surface area (Å²) in [7, 11) is 0. The van der Waals surface area contributed by atoms with Gasteiger partial charge in [0.05, 0.1) is 38.8 Å². The van der Waals surface area contributed by atoms with E-state index in [2.05, 4.69) is 178 Å². The second kappa shape index (κ2) is 10.2. The van der Waals surface area contributed by atoms with Gasteiger partial charge in [0, 0.05) is 44.4 Å². The average Bonchev–Trinajstić information content (AvgIpc) is 3.95. The number of benzene rings is 7. The largest absolute Gasteiger partial charge is 0.309 e. The minimum absolute atomic E-state index is 0.403. The molecule has 5 nitrogen and oxygen atoms in total. The van der Waals surface area contributed by atoms with Crippen LogP contribution in [0.25, 0.3) is 94.4 Å². The summed E-state index contributed by atoms with van der Waals surface area (Å²) in [5.74, 6) is 1.88. The highest BCUT2D eigenvalue weighted by atomic mass is 15.1. The molecule has 0 radical (unpaired) electrons. The molecule has 4 aromatic heterocycles. The van der Waals surface area contributed by atoms with Gasteiger partial charge in [0.2, 0.25) is 0 Å². The number of hydrogen-bond acceptors (Lipinski definition) is 2. The van der Waals surface area contributed by atoms with E-state index in [4.69, 9.17) is 9.97 Å². The van der Waals surface area contributed by atoms with E-state index in [9.17, 15) is 0 Å². The maximum atomic E-state index is 5.47. The van der Waals surface area contributed by atoms with Gasteiger partial charge in [-0.1, -0.05) is 103 Å². The van der Waals surface area contributed by atoms with Crippen molar-refractivity contribution in [2.75, 3.05) is 0 Å². The zero-order valence-corrected chi connectivity index (χ0v) is 29.9. The maximum absolute atomic E-state index is 5.47. The van der Waals surface area contributed by atoms with Crippen LogP contribution in [0.15, 0.2) is 170 Å². The third kappa shape index (κ3) is 3.54. The molecule has 0 saturated heterocycles. The Morgan fingerprint density at radius 3 is 2.04 bits per heavy atom. The molecule has 0 N–H and O–H groups in total. The predicted octanol–water partition coefficient (Wildman–Crippen LogP) is 11.9. The first kappa shape index (κ1) is 29.2. The molecular weight excluding hydrogens is 671 g/mol. The summed E-state index contributed by atoms with van der Waals surface area (Å²) in [4.78, 5) is 10.3. The molecular formula is C50H31N5. The van der Waals surface area contributed by atoms with Gasteiger partial charge in [0.15, 0.2) is 0 Å². The Bertz CT molecular complexity index is 3450. The Labute approximate surface area is 316 Å². The Morgan fingerprint density at radius 2 is 1.18 bits per heavy atom. The van der Waals surface area contributed by atoms with E-state index < -0.39 is 5.41 Å². The van der Waals surface area contributed by atoms with E-state index in [1.165, 1.54) is 71.6 Å². The van der Waals surface area contributed by atoms with E-state index in [0.717, 1.165) is 39.4 Å². The molecule has 1 aliphatic carbocycles. The van der Waals surface area contributed by atoms with E-state index in [-0.39, 0.29) is 0 Å². The van der Waals surface area contributed by atoms with Crippen LogP contribution in [0.2, 0.25) is 0 Å². The lowest BCUT2D eigenvalue weighted by Gasteiger charge is -2.29. The minimum atomic E-state index is -0.403. The molecule has 256 valence electrons. The molecule has 0 fully saturated rings. The van der Waals surface area contributed by atoms with Crippen LogP contribution in [0.3, 0.4) is 0 Å². The van der Waals surface area contributed by atoms with Crippen LogP contribution in [-0.2, 0) is 5.41 Å². The smallest absolute Gasteiger partial charge is 0.146 e. The zero-order valence-electron chi connectivity index (χ0n) is 29.9. The number of rotatable bonds is 2. The normalized spacial score (nSPS) is 15.4. The summed E-state index contributed by atoms with van der Waals surface area (Å²) in [6.07, 6.45) is 1.87. The van der Waals surface area contributed by atoms with Crippen LogP contribution in [0, 0.1) is 0 Å². The topological polar surface area (TPSA) is 40.6 Å². The molecule has 0 bridgehead atoms. The number of fused-ring (bicyclic) bond motifs is 17. The van der Waals surface area contributed by atoms with E-state index in [1.54, 1.807) is 0 Å². The Balaban J connectivity index is 1.22. The summed E-state index contributed by atoms with van der Waals surface area (Å²) < 4.78 is 7.18. The van der Waals surface area contributed by atoms with Gasteiger partial charge >= 0.3 is 0 Å². The summed E-state index contributed by atoms with van der Waals surface area (Å²) in [5.41, 5.74) is 16.3. The van der Waals surface area contributed by atoms with Gasteiger partial charge in [-0.25, -0.2) is 9.97 Å². The van der Waals surface area contributed by atoms with Crippen molar-refractivity contribution < 1.29 is 0 Å². The molecule has 55 heavy (non-hydrogen) atoms. The fourth-order valence-corrected chi connectivity index (χ4v) is 10.3. The maximum Gasteiger partial charge on any atom is 0.146 e. The highest BCUT2D eigenvalue weighted by Gasteiger charge is 2.48. The molecule has 2 aliphatic rings. The molecule has 7 aromatic carbocycles. The zero-order chi connectivity index (χ0) is 36.0. The molecule has 11 aromatic rings. The lowest BCUT2D eigenvalue weighted by molar-refractivity contribution is 0.716. The second-order valence-corrected chi connectivity index (χ2v) is 15.1. The summed E-state index contributed by atoms with van der Waals surface area (Å²) in [6, 6.07) is 59.7. The van der Waals surface area contributed by atoms with Crippen molar-refractivity contribution >= 4 is 54.6 Å². The molecule has 0 amide bonds. The summed E-state index contributed by atoms with van der Waals surface area (Å²) in [5, 5.41) is 4.93. The number of pyridine rings is 1. The van der Waals surface area contributed by atoms with Crippen LogP contribution in [0.1, 0.15) is 23.6 Å². The quantitative estimate of drug-likeness (QED) is 0.180. The second-order valence-electron chi connectivity index (χ2n) is 15.1. The van der Waals surface area contributed by atoms with Gasteiger partial charge in [-0.05, 0) is 95.4 Å². The van der Waals surface area contributed by atoms with Crippen LogP contribution < -0.4 is 0 Å². The lowest BCUT2D eigenvalue weighted by Crippen LogP contribution is -2.23. The molecule has 1 atom stereocenters. The molecule has 5 heteroatoms. The third-order valence-corrected chi connectivity index (χ3v) is 12.5. The first-order valence-corrected chi connectivity index (χ1v) is 18.9. The molecule has 13 rings (SSSR count). The van der Waals surface area contributed by atoms with Gasteiger partial charge < -0.3 is 4.57 Å². The van der Waals surface area contributed by atoms with E-state index in [0.29, 0.717) is 0 Å². The van der Waals surface area contributed by atoms with E-state index in [1.807, 2.05) is 12.3 Å². The van der Waals surface area contributed by atoms with Crippen molar-refractivity contribution in [3.05, 3.63) is 187 Å². The van der Waals surface area contributed by atoms with Gasteiger partial charge in [-0.3, -0.25) is 9.13 Å². The van der Waals surface area contributed by atoms with Gasteiger partial charge in [0.25, 0.3) is 0 Å². The van der Waals surface area contributed by atoms with Gasteiger partial charge in [-0.2, -0.15) is 0 Å². The van der Waals surface area contributed by atoms with Crippen molar-refractivity contribution in [3.63, 3.8) is 0 Å². The van der Waals surface area contributed by atoms with Crippen molar-refractivity contribution in [1.29, 1.82) is 0 Å². The van der Waals surface area contributed by atoms with Crippen molar-refractivity contribution in [3.8, 4) is 39.7 Å². The Hall–Kier alpha value is -7.24. The fraction of sp³-hybridized carbons (Fsp3) is 0.0400. The van der Waals surface area contributed by atoms with Crippen molar-refractivity contribution in [2.24, 2.45) is 0 Å². The van der Waals surface area contributed by atoms with Crippen LogP contribution >= 0.6 is 0 Å². The standard InChI is InChI=1S/C50H31N5/c1-50-36-17-5-2-15-33(36)47-46-34-16-4-9-21-40(34)53(30-25-26-32-31-14-3-8-20-39(31)54(43(32)28-30)45-24-12-13-27-51-45)44(46)29-35(48(47)50)49-52-38-19-7-11-23-42(38)55(49)41-22-10-6-18-37(41)50/h2-29H,1H3. The molecule has 0 saturated carbocycles. The predicted molar refractivity (Wildman–Crippen MR) is 224 cm³/mol. The summed E-state index contributed by atoms with van der Waals surface area (Å²) in [6.45, 7) is 2.43. The highest BCUT2D eigenvalue weighted by molar-refractivity contribution is 6.20. The summed E-state index contributed by atoms with van der Waals surface area (Å²) >= 11 is 0. The number of aromatic nitrogens is 5. The first-order chi connectivity index (χ1) is 27.2. The van der Waals surface area contributed by atoms with Crippen molar-refractivity contribution in [2.45, 2.75) is 12.3 Å². The Morgan fingerprint density at radius 1 is 0.491 bits per heavy atom. The number of imidazole rings is 1. The fourth-order valence-electron chi connectivity index (χ4n) is 10.3. The van der Waals surface area contributed by atoms with Gasteiger partial charge in [-0.15, -0.1) is 0 Å². The lowest BCUT2D eigenvalue weighted by atomic mass is 9.72. The Kier molecular flexibility index (Phi) is 5.45.